The fourth-order valence-corrected chi connectivity index (χ4v) is 3.32. The van der Waals surface area contributed by atoms with Gasteiger partial charge in [-0.2, -0.15) is 5.10 Å². The van der Waals surface area contributed by atoms with Crippen LogP contribution in [0.5, 0.6) is 11.6 Å². The molecule has 4 rings (SSSR count). The zero-order valence-electron chi connectivity index (χ0n) is 21.1. The number of hydrogen-bond donors (Lipinski definition) is 1. The molecule has 0 bridgehead atoms. The van der Waals surface area contributed by atoms with E-state index < -0.39 is 0 Å². The standard InChI is InChI=1S/C16H20N4O3.C10H13NO3/c1-19(7-8-23-12-14-5-3-2-4-6-14)16(22)11-20-10-15(9-18-20)17-13-21;1-12-10-6-8(2-4-11-10)14-9-3-5-13-7-9/h2-6,9-10,13H,7-8,11-12H2,1H3,(H,17,21);2,4,6,9H,3,5,7H2,1H3. The maximum Gasteiger partial charge on any atom is 0.244 e. The molecule has 1 aliphatic heterocycles. The zero-order chi connectivity index (χ0) is 26.3. The van der Waals surface area contributed by atoms with Crippen LogP contribution in [0.25, 0.3) is 0 Å². The van der Waals surface area contributed by atoms with Gasteiger partial charge in [0.2, 0.25) is 18.2 Å². The van der Waals surface area contributed by atoms with Gasteiger partial charge >= 0.3 is 0 Å². The van der Waals surface area contributed by atoms with Gasteiger partial charge in [0.15, 0.2) is 0 Å². The highest BCUT2D eigenvalue weighted by Gasteiger charge is 2.17. The number of amides is 2. The van der Waals surface area contributed by atoms with Crippen molar-refractivity contribution in [2.24, 2.45) is 0 Å². The van der Waals surface area contributed by atoms with E-state index in [1.807, 2.05) is 36.4 Å². The Morgan fingerprint density at radius 1 is 1.30 bits per heavy atom. The number of rotatable bonds is 12. The molecule has 1 N–H and O–H groups in total. The summed E-state index contributed by atoms with van der Waals surface area (Å²) in [5.74, 6) is 1.28. The smallest absolute Gasteiger partial charge is 0.244 e. The second-order valence-electron chi connectivity index (χ2n) is 8.18. The minimum absolute atomic E-state index is 0.0749. The number of carbonyl (C=O) groups excluding carboxylic acids is 2. The molecule has 0 aliphatic carbocycles. The Balaban J connectivity index is 0.000000231. The number of anilines is 1. The fraction of sp³-hybridized carbons (Fsp3) is 0.385. The summed E-state index contributed by atoms with van der Waals surface area (Å²) >= 11 is 0. The number of likely N-dealkylation sites (N-methyl/N-ethyl adjacent to an activating group) is 1. The quantitative estimate of drug-likeness (QED) is 0.291. The minimum atomic E-state index is -0.0749. The largest absolute Gasteiger partial charge is 0.488 e. The summed E-state index contributed by atoms with van der Waals surface area (Å²) in [7, 11) is 3.31. The molecule has 11 nitrogen and oxygen atoms in total. The number of hydrogen-bond acceptors (Lipinski definition) is 8. The van der Waals surface area contributed by atoms with Crippen LogP contribution in [0.4, 0.5) is 5.69 Å². The number of nitrogens with one attached hydrogen (secondary N) is 1. The Morgan fingerprint density at radius 2 is 2.14 bits per heavy atom. The van der Waals surface area contributed by atoms with E-state index in [0.717, 1.165) is 24.3 Å². The second-order valence-corrected chi connectivity index (χ2v) is 8.18. The molecule has 2 amide bonds. The monoisotopic (exact) mass is 511 g/mol. The van der Waals surface area contributed by atoms with E-state index in [9.17, 15) is 9.59 Å². The van der Waals surface area contributed by atoms with Gasteiger partial charge in [0.1, 0.15) is 18.4 Å². The van der Waals surface area contributed by atoms with Crippen molar-refractivity contribution in [3.63, 3.8) is 0 Å². The normalized spacial score (nSPS) is 14.3. The lowest BCUT2D eigenvalue weighted by molar-refractivity contribution is -0.131. The van der Waals surface area contributed by atoms with Crippen LogP contribution < -0.4 is 14.8 Å². The molecule has 3 aromatic rings. The minimum Gasteiger partial charge on any atom is -0.488 e. The Kier molecular flexibility index (Phi) is 11.4. The second kappa shape index (κ2) is 15.2. The molecule has 198 valence electrons. The van der Waals surface area contributed by atoms with Gasteiger partial charge in [-0.15, -0.1) is 0 Å². The number of pyridine rings is 1. The maximum absolute atomic E-state index is 12.1. The van der Waals surface area contributed by atoms with E-state index in [2.05, 4.69) is 15.4 Å². The molecule has 0 saturated carbocycles. The molecule has 1 atom stereocenters. The van der Waals surface area contributed by atoms with Crippen LogP contribution in [-0.4, -0.2) is 78.6 Å². The molecule has 11 heteroatoms. The predicted octanol–water partition coefficient (Wildman–Crippen LogP) is 2.38. The summed E-state index contributed by atoms with van der Waals surface area (Å²) in [6.45, 7) is 3.08. The molecule has 0 radical (unpaired) electrons. The van der Waals surface area contributed by atoms with Crippen molar-refractivity contribution in [3.8, 4) is 11.6 Å². The van der Waals surface area contributed by atoms with Gasteiger partial charge in [-0.05, 0) is 11.6 Å². The molecule has 1 aliphatic rings. The highest BCUT2D eigenvalue weighted by Crippen LogP contribution is 2.19. The van der Waals surface area contributed by atoms with Gasteiger partial charge in [0.25, 0.3) is 0 Å². The van der Waals surface area contributed by atoms with Crippen LogP contribution in [0.3, 0.4) is 0 Å². The number of nitrogens with zero attached hydrogens (tertiary/aromatic N) is 4. The molecule has 1 unspecified atom stereocenters. The summed E-state index contributed by atoms with van der Waals surface area (Å²) < 4.78 is 22.9. The molecular formula is C26H33N5O6. The van der Waals surface area contributed by atoms with Crippen LogP contribution in [-0.2, 0) is 32.2 Å². The highest BCUT2D eigenvalue weighted by atomic mass is 16.5. The molecule has 37 heavy (non-hydrogen) atoms. The van der Waals surface area contributed by atoms with Gasteiger partial charge in [0, 0.05) is 38.5 Å². The Morgan fingerprint density at radius 3 is 2.86 bits per heavy atom. The molecular weight excluding hydrogens is 478 g/mol. The van der Waals surface area contributed by atoms with E-state index in [1.54, 1.807) is 37.5 Å². The van der Waals surface area contributed by atoms with Gasteiger partial charge < -0.3 is 29.2 Å². The van der Waals surface area contributed by atoms with Crippen molar-refractivity contribution in [2.45, 2.75) is 25.7 Å². The van der Waals surface area contributed by atoms with Crippen LogP contribution >= 0.6 is 0 Å². The molecule has 2 aromatic heterocycles. The first-order valence-corrected chi connectivity index (χ1v) is 11.9. The van der Waals surface area contributed by atoms with Gasteiger partial charge in [-0.3, -0.25) is 14.3 Å². The van der Waals surface area contributed by atoms with E-state index in [1.165, 1.54) is 10.9 Å². The van der Waals surface area contributed by atoms with Gasteiger partial charge in [-0.1, -0.05) is 30.3 Å². The average molecular weight is 512 g/mol. The third-order valence-corrected chi connectivity index (χ3v) is 5.37. The number of carbonyl (C=O) groups is 2. The van der Waals surface area contributed by atoms with Crippen molar-refractivity contribution in [1.82, 2.24) is 19.7 Å². The summed E-state index contributed by atoms with van der Waals surface area (Å²) in [4.78, 5) is 28.0. The molecule has 1 aromatic carbocycles. The van der Waals surface area contributed by atoms with Crippen molar-refractivity contribution < 1.29 is 28.5 Å². The SMILES string of the molecule is CN(CCOCc1ccccc1)C(=O)Cn1cc(NC=O)cn1.COc1cc(OC2CCOC2)ccn1. The lowest BCUT2D eigenvalue weighted by Gasteiger charge is -2.17. The molecule has 0 spiro atoms. The van der Waals surface area contributed by atoms with Crippen molar-refractivity contribution in [3.05, 3.63) is 66.6 Å². The Hall–Kier alpha value is -3.96. The number of methoxy groups -OCH3 is 1. The van der Waals surface area contributed by atoms with E-state index in [0.29, 0.717) is 44.3 Å². The fourth-order valence-electron chi connectivity index (χ4n) is 3.32. The maximum atomic E-state index is 12.1. The lowest BCUT2D eigenvalue weighted by Crippen LogP contribution is -2.33. The van der Waals surface area contributed by atoms with Crippen LogP contribution in [0.2, 0.25) is 0 Å². The molecule has 1 fully saturated rings. The van der Waals surface area contributed by atoms with Gasteiger partial charge in [-0.25, -0.2) is 4.98 Å². The van der Waals surface area contributed by atoms with Crippen molar-refractivity contribution in [2.75, 3.05) is 45.8 Å². The Labute approximate surface area is 216 Å². The number of aromatic nitrogens is 3. The molecule has 1 saturated heterocycles. The number of ether oxygens (including phenoxy) is 4. The number of benzene rings is 1. The van der Waals surface area contributed by atoms with E-state index in [-0.39, 0.29) is 18.6 Å². The lowest BCUT2D eigenvalue weighted by atomic mass is 10.2. The predicted molar refractivity (Wildman–Crippen MR) is 136 cm³/mol. The first-order chi connectivity index (χ1) is 18.1. The van der Waals surface area contributed by atoms with E-state index >= 15 is 0 Å². The first-order valence-electron chi connectivity index (χ1n) is 11.9. The van der Waals surface area contributed by atoms with Crippen LogP contribution in [0.1, 0.15) is 12.0 Å². The van der Waals surface area contributed by atoms with Gasteiger partial charge in [0.05, 0.1) is 45.4 Å². The van der Waals surface area contributed by atoms with Crippen molar-refractivity contribution >= 4 is 18.0 Å². The van der Waals surface area contributed by atoms with Crippen molar-refractivity contribution in [1.29, 1.82) is 0 Å². The highest BCUT2D eigenvalue weighted by molar-refractivity contribution is 5.76. The first kappa shape index (κ1) is 27.6. The zero-order valence-corrected chi connectivity index (χ0v) is 21.1. The van der Waals surface area contributed by atoms with Crippen LogP contribution in [0.15, 0.2) is 61.1 Å². The van der Waals surface area contributed by atoms with E-state index in [4.69, 9.17) is 18.9 Å². The molecule has 3 heterocycles. The third kappa shape index (κ3) is 9.90. The summed E-state index contributed by atoms with van der Waals surface area (Å²) in [6.07, 6.45) is 6.45. The Bertz CT molecular complexity index is 1090. The average Bonchev–Trinajstić information content (AvgIpc) is 3.60. The summed E-state index contributed by atoms with van der Waals surface area (Å²) in [5.41, 5.74) is 1.66. The van der Waals surface area contributed by atoms with Crippen LogP contribution in [0, 0.1) is 0 Å². The summed E-state index contributed by atoms with van der Waals surface area (Å²) in [5, 5.41) is 6.49. The third-order valence-electron chi connectivity index (χ3n) is 5.37. The summed E-state index contributed by atoms with van der Waals surface area (Å²) in [6, 6.07) is 13.5. The topological polar surface area (TPSA) is 117 Å².